The van der Waals surface area contributed by atoms with Gasteiger partial charge in [-0.05, 0) is 90.6 Å². The highest BCUT2D eigenvalue weighted by Crippen LogP contribution is 2.32. The summed E-state index contributed by atoms with van der Waals surface area (Å²) in [4.78, 5) is 0. The molecule has 0 aliphatic carbocycles. The molecule has 0 unspecified atom stereocenters. The van der Waals surface area contributed by atoms with Gasteiger partial charge in [-0.25, -0.2) is 0 Å². The summed E-state index contributed by atoms with van der Waals surface area (Å²) in [6, 6.07) is 42.9. The molecule has 264 valence electrons. The number of rotatable bonds is 9. The van der Waals surface area contributed by atoms with Crippen LogP contribution in [0.2, 0.25) is 0 Å². The Balaban J connectivity index is 0.000000172. The summed E-state index contributed by atoms with van der Waals surface area (Å²) in [6.45, 7) is 6.24. The standard InChI is InChI=1S/3C15H16O2/c3*1-11-4-6-12(7-5-11)13-8-14(16-2)10-15(9-13)17-3/h3*4-10H,1-3H3. The Bertz CT molecular complexity index is 1670. The van der Waals surface area contributed by atoms with E-state index in [-0.39, 0.29) is 0 Å². The molecule has 6 nitrogen and oxygen atoms in total. The quantitative estimate of drug-likeness (QED) is 0.151. The summed E-state index contributed by atoms with van der Waals surface area (Å²) in [7, 11) is 9.96. The predicted octanol–water partition coefficient (Wildman–Crippen LogP) is 11.0. The van der Waals surface area contributed by atoms with Crippen LogP contribution in [0.25, 0.3) is 33.4 Å². The van der Waals surface area contributed by atoms with E-state index in [4.69, 9.17) is 28.4 Å². The third-order valence-corrected chi connectivity index (χ3v) is 8.21. The van der Waals surface area contributed by atoms with Gasteiger partial charge < -0.3 is 28.4 Å². The number of benzene rings is 6. The largest absolute Gasteiger partial charge is 0.497 e. The summed E-state index contributed by atoms with van der Waals surface area (Å²) in [5, 5.41) is 0. The summed E-state index contributed by atoms with van der Waals surface area (Å²) < 4.78 is 31.6. The minimum Gasteiger partial charge on any atom is -0.497 e. The molecule has 0 bridgehead atoms. The number of methoxy groups -OCH3 is 6. The maximum absolute atomic E-state index is 5.26. The Kier molecular flexibility index (Phi) is 14.0. The normalized spacial score (nSPS) is 10.1. The smallest absolute Gasteiger partial charge is 0.123 e. The lowest BCUT2D eigenvalue weighted by Gasteiger charge is -2.08. The molecule has 6 rings (SSSR count). The molecule has 0 radical (unpaired) electrons. The Morgan fingerprint density at radius 3 is 0.569 bits per heavy atom. The van der Waals surface area contributed by atoms with E-state index in [2.05, 4.69) is 93.6 Å². The average Bonchev–Trinajstić information content (AvgIpc) is 3.18. The molecule has 6 aromatic carbocycles. The highest BCUT2D eigenvalue weighted by atomic mass is 16.5. The van der Waals surface area contributed by atoms with Crippen molar-refractivity contribution in [2.45, 2.75) is 20.8 Å². The Morgan fingerprint density at radius 2 is 0.412 bits per heavy atom. The molecular weight excluding hydrogens is 636 g/mol. The Morgan fingerprint density at radius 1 is 0.235 bits per heavy atom. The van der Waals surface area contributed by atoms with Gasteiger partial charge in [0.15, 0.2) is 0 Å². The molecule has 0 saturated carbocycles. The molecule has 0 spiro atoms. The van der Waals surface area contributed by atoms with Crippen LogP contribution in [-0.4, -0.2) is 42.7 Å². The third kappa shape index (κ3) is 11.1. The Labute approximate surface area is 303 Å². The van der Waals surface area contributed by atoms with Crippen molar-refractivity contribution >= 4 is 0 Å². The minimum absolute atomic E-state index is 0.805. The first kappa shape index (κ1) is 37.9. The molecule has 0 atom stereocenters. The van der Waals surface area contributed by atoms with Crippen molar-refractivity contribution in [2.24, 2.45) is 0 Å². The van der Waals surface area contributed by atoms with Crippen LogP contribution < -0.4 is 28.4 Å². The van der Waals surface area contributed by atoms with Gasteiger partial charge in [0.25, 0.3) is 0 Å². The topological polar surface area (TPSA) is 55.4 Å². The van der Waals surface area contributed by atoms with Gasteiger partial charge in [-0.2, -0.15) is 0 Å². The SMILES string of the molecule is COc1cc(OC)cc(-c2ccc(C)cc2)c1.COc1cc(OC)cc(-c2ccc(C)cc2)c1.COc1cc(OC)cc(-c2ccc(C)cc2)c1. The minimum atomic E-state index is 0.805. The van der Waals surface area contributed by atoms with E-state index in [1.807, 2.05) is 54.6 Å². The molecule has 6 aromatic rings. The van der Waals surface area contributed by atoms with Crippen LogP contribution in [0.1, 0.15) is 16.7 Å². The van der Waals surface area contributed by atoms with Crippen molar-refractivity contribution in [2.75, 3.05) is 42.7 Å². The van der Waals surface area contributed by atoms with E-state index < -0.39 is 0 Å². The molecule has 0 saturated heterocycles. The van der Waals surface area contributed by atoms with Crippen molar-refractivity contribution < 1.29 is 28.4 Å². The summed E-state index contributed by atoms with van der Waals surface area (Å²) in [6.07, 6.45) is 0. The fourth-order valence-corrected chi connectivity index (χ4v) is 5.16. The lowest BCUT2D eigenvalue weighted by Crippen LogP contribution is -1.88. The molecule has 0 aliphatic rings. The first-order valence-electron chi connectivity index (χ1n) is 16.6. The first-order valence-corrected chi connectivity index (χ1v) is 16.6. The van der Waals surface area contributed by atoms with Crippen LogP contribution in [0, 0.1) is 20.8 Å². The highest BCUT2D eigenvalue weighted by molar-refractivity contribution is 5.69. The molecule has 0 N–H and O–H groups in total. The zero-order valence-electron chi connectivity index (χ0n) is 31.1. The zero-order chi connectivity index (χ0) is 36.8. The fraction of sp³-hybridized carbons (Fsp3) is 0.200. The van der Waals surface area contributed by atoms with Gasteiger partial charge in [0, 0.05) is 18.2 Å². The van der Waals surface area contributed by atoms with Crippen molar-refractivity contribution in [1.82, 2.24) is 0 Å². The van der Waals surface area contributed by atoms with Gasteiger partial charge in [0.2, 0.25) is 0 Å². The van der Waals surface area contributed by atoms with Crippen molar-refractivity contribution in [1.29, 1.82) is 0 Å². The number of ether oxygens (including phenoxy) is 6. The van der Waals surface area contributed by atoms with Crippen molar-refractivity contribution in [3.8, 4) is 67.9 Å². The van der Waals surface area contributed by atoms with E-state index in [1.54, 1.807) is 42.7 Å². The van der Waals surface area contributed by atoms with Gasteiger partial charge in [0.05, 0.1) is 42.7 Å². The van der Waals surface area contributed by atoms with E-state index in [0.29, 0.717) is 0 Å². The maximum Gasteiger partial charge on any atom is 0.123 e. The molecule has 51 heavy (non-hydrogen) atoms. The van der Waals surface area contributed by atoms with Gasteiger partial charge >= 0.3 is 0 Å². The molecule has 0 aliphatic heterocycles. The van der Waals surface area contributed by atoms with E-state index in [9.17, 15) is 0 Å². The van der Waals surface area contributed by atoms with Crippen LogP contribution in [0.5, 0.6) is 34.5 Å². The second kappa shape index (κ2) is 18.8. The lowest BCUT2D eigenvalue weighted by molar-refractivity contribution is 0.394. The van der Waals surface area contributed by atoms with Gasteiger partial charge in [-0.15, -0.1) is 0 Å². The molecule has 0 aromatic heterocycles. The molecule has 6 heteroatoms. The van der Waals surface area contributed by atoms with Gasteiger partial charge in [-0.3, -0.25) is 0 Å². The molecule has 0 heterocycles. The van der Waals surface area contributed by atoms with E-state index in [0.717, 1.165) is 67.9 Å². The van der Waals surface area contributed by atoms with Crippen LogP contribution in [0.4, 0.5) is 0 Å². The van der Waals surface area contributed by atoms with Gasteiger partial charge in [0.1, 0.15) is 34.5 Å². The maximum atomic E-state index is 5.26. The number of hydrogen-bond acceptors (Lipinski definition) is 6. The Hall–Kier alpha value is -5.88. The monoisotopic (exact) mass is 684 g/mol. The van der Waals surface area contributed by atoms with Crippen LogP contribution in [0.3, 0.4) is 0 Å². The highest BCUT2D eigenvalue weighted by Gasteiger charge is 2.06. The van der Waals surface area contributed by atoms with E-state index >= 15 is 0 Å². The summed E-state index contributed by atoms with van der Waals surface area (Å²) in [5.41, 5.74) is 10.5. The molecule has 0 fully saturated rings. The predicted molar refractivity (Wildman–Crippen MR) is 209 cm³/mol. The van der Waals surface area contributed by atoms with Crippen LogP contribution in [-0.2, 0) is 0 Å². The number of aryl methyl sites for hydroxylation is 3. The van der Waals surface area contributed by atoms with Crippen LogP contribution in [0.15, 0.2) is 127 Å². The summed E-state index contributed by atoms with van der Waals surface area (Å²) >= 11 is 0. The lowest BCUT2D eigenvalue weighted by atomic mass is 10.0. The fourth-order valence-electron chi connectivity index (χ4n) is 5.16. The van der Waals surface area contributed by atoms with E-state index in [1.165, 1.54) is 16.7 Å². The number of hydrogen-bond donors (Lipinski definition) is 0. The molecule has 0 amide bonds. The molecular formula is C45H48O6. The second-order valence-electron chi connectivity index (χ2n) is 11.9. The van der Waals surface area contributed by atoms with Crippen molar-refractivity contribution in [3.05, 3.63) is 144 Å². The summed E-state index contributed by atoms with van der Waals surface area (Å²) in [5.74, 6) is 4.83. The van der Waals surface area contributed by atoms with Crippen molar-refractivity contribution in [3.63, 3.8) is 0 Å². The second-order valence-corrected chi connectivity index (χ2v) is 11.9. The zero-order valence-corrected chi connectivity index (χ0v) is 31.1. The average molecular weight is 685 g/mol. The first-order chi connectivity index (χ1) is 24.7. The van der Waals surface area contributed by atoms with Gasteiger partial charge in [-0.1, -0.05) is 89.5 Å². The van der Waals surface area contributed by atoms with Crippen LogP contribution >= 0.6 is 0 Å². The third-order valence-electron chi connectivity index (χ3n) is 8.21.